The van der Waals surface area contributed by atoms with E-state index in [4.69, 9.17) is 0 Å². The van der Waals surface area contributed by atoms with E-state index < -0.39 is 36.4 Å². The Morgan fingerprint density at radius 3 is 2.86 bits per heavy atom. The molecular formula is C15H18F4N2O. The molecule has 1 saturated heterocycles. The number of hydrogen-bond donors (Lipinski definition) is 1. The second-order valence-corrected chi connectivity index (χ2v) is 5.45. The molecule has 1 aromatic rings. The summed E-state index contributed by atoms with van der Waals surface area (Å²) in [7, 11) is 0. The van der Waals surface area contributed by atoms with E-state index in [2.05, 4.69) is 5.32 Å². The van der Waals surface area contributed by atoms with Crippen LogP contribution < -0.4 is 5.32 Å². The largest absolute Gasteiger partial charge is 0.350 e. The minimum Gasteiger partial charge on any atom is -0.350 e. The summed E-state index contributed by atoms with van der Waals surface area (Å²) in [5.74, 6) is -1.82. The van der Waals surface area contributed by atoms with E-state index in [-0.39, 0.29) is 12.1 Å². The number of carbonyl (C=O) groups is 1. The van der Waals surface area contributed by atoms with Gasteiger partial charge in [-0.3, -0.25) is 9.69 Å². The van der Waals surface area contributed by atoms with Gasteiger partial charge in [-0.25, -0.2) is 17.6 Å². The molecule has 1 fully saturated rings. The van der Waals surface area contributed by atoms with Gasteiger partial charge >= 0.3 is 0 Å². The van der Waals surface area contributed by atoms with Gasteiger partial charge in [0.25, 0.3) is 6.43 Å². The number of nitrogens with zero attached hydrogens (tertiary/aromatic N) is 1. The van der Waals surface area contributed by atoms with Gasteiger partial charge in [0.2, 0.25) is 5.91 Å². The van der Waals surface area contributed by atoms with Crippen molar-refractivity contribution in [3.8, 4) is 0 Å². The summed E-state index contributed by atoms with van der Waals surface area (Å²) in [6.07, 6.45) is -1.26. The number of carbonyl (C=O) groups excluding carboxylic acids is 1. The number of benzene rings is 1. The van der Waals surface area contributed by atoms with Crippen LogP contribution in [-0.2, 0) is 11.3 Å². The molecule has 122 valence electrons. The Labute approximate surface area is 126 Å². The Bertz CT molecular complexity index is 524. The van der Waals surface area contributed by atoms with E-state index in [9.17, 15) is 22.4 Å². The second-order valence-electron chi connectivity index (χ2n) is 5.45. The normalized spacial score (nSPS) is 19.4. The molecule has 2 rings (SSSR count). The van der Waals surface area contributed by atoms with Gasteiger partial charge in [0, 0.05) is 18.7 Å². The summed E-state index contributed by atoms with van der Waals surface area (Å²) in [6.45, 7) is 0.551. The molecule has 0 aromatic heterocycles. The first-order valence-electron chi connectivity index (χ1n) is 7.18. The molecule has 22 heavy (non-hydrogen) atoms. The fourth-order valence-electron chi connectivity index (χ4n) is 2.64. The van der Waals surface area contributed by atoms with Crippen molar-refractivity contribution in [2.24, 2.45) is 5.92 Å². The zero-order valence-corrected chi connectivity index (χ0v) is 12.0. The van der Waals surface area contributed by atoms with Gasteiger partial charge in [0.1, 0.15) is 11.6 Å². The Balaban J connectivity index is 1.93. The molecule has 1 aromatic carbocycles. The van der Waals surface area contributed by atoms with Crippen molar-refractivity contribution in [1.29, 1.82) is 0 Å². The fraction of sp³-hybridized carbons (Fsp3) is 0.533. The third-order valence-electron chi connectivity index (χ3n) is 3.71. The maximum Gasteiger partial charge on any atom is 0.255 e. The first kappa shape index (κ1) is 16.7. The molecule has 1 aliphatic rings. The Hall–Kier alpha value is -1.63. The van der Waals surface area contributed by atoms with E-state index in [1.54, 1.807) is 0 Å². The van der Waals surface area contributed by atoms with Crippen LogP contribution in [0.3, 0.4) is 0 Å². The zero-order chi connectivity index (χ0) is 16.1. The Kier molecular flexibility index (Phi) is 5.76. The maximum absolute atomic E-state index is 13.6. The highest BCUT2D eigenvalue weighted by molar-refractivity contribution is 5.78. The minimum atomic E-state index is -2.58. The monoisotopic (exact) mass is 318 g/mol. The van der Waals surface area contributed by atoms with Crippen LogP contribution in [0.2, 0.25) is 0 Å². The Morgan fingerprint density at radius 2 is 2.14 bits per heavy atom. The SMILES string of the molecule is O=C(NCC(F)F)C1CCCN(Cc2cc(F)ccc2F)C1. The molecule has 1 aliphatic heterocycles. The average molecular weight is 318 g/mol. The van der Waals surface area contributed by atoms with Gasteiger partial charge in [0.05, 0.1) is 12.5 Å². The van der Waals surface area contributed by atoms with E-state index in [0.29, 0.717) is 25.9 Å². The quantitative estimate of drug-likeness (QED) is 0.846. The van der Waals surface area contributed by atoms with Crippen LogP contribution in [0.15, 0.2) is 18.2 Å². The number of alkyl halides is 2. The summed E-state index contributed by atoms with van der Waals surface area (Å²) in [5, 5.41) is 2.21. The molecule has 1 heterocycles. The van der Waals surface area contributed by atoms with Gasteiger partial charge in [-0.1, -0.05) is 0 Å². The van der Waals surface area contributed by atoms with Gasteiger partial charge in [0.15, 0.2) is 0 Å². The lowest BCUT2D eigenvalue weighted by atomic mass is 9.96. The highest BCUT2D eigenvalue weighted by Gasteiger charge is 2.26. The first-order valence-corrected chi connectivity index (χ1v) is 7.18. The summed E-state index contributed by atoms with van der Waals surface area (Å²) in [5.41, 5.74) is 0.230. The van der Waals surface area contributed by atoms with Crippen molar-refractivity contribution >= 4 is 5.91 Å². The predicted octanol–water partition coefficient (Wildman–Crippen LogP) is 2.56. The van der Waals surface area contributed by atoms with Gasteiger partial charge in [-0.05, 0) is 37.6 Å². The molecule has 0 bridgehead atoms. The number of amides is 1. The predicted molar refractivity (Wildman–Crippen MR) is 73.4 cm³/mol. The molecule has 7 heteroatoms. The van der Waals surface area contributed by atoms with Gasteiger partial charge in [-0.2, -0.15) is 0 Å². The zero-order valence-electron chi connectivity index (χ0n) is 12.0. The highest BCUT2D eigenvalue weighted by atomic mass is 19.3. The average Bonchev–Trinajstić information content (AvgIpc) is 2.49. The van der Waals surface area contributed by atoms with Crippen molar-refractivity contribution in [2.45, 2.75) is 25.8 Å². The highest BCUT2D eigenvalue weighted by Crippen LogP contribution is 2.20. The fourth-order valence-corrected chi connectivity index (χ4v) is 2.64. The number of nitrogens with one attached hydrogen (secondary N) is 1. The van der Waals surface area contributed by atoms with Gasteiger partial charge in [-0.15, -0.1) is 0 Å². The third-order valence-corrected chi connectivity index (χ3v) is 3.71. The molecule has 0 saturated carbocycles. The van der Waals surface area contributed by atoms with Crippen LogP contribution >= 0.6 is 0 Å². The maximum atomic E-state index is 13.6. The lowest BCUT2D eigenvalue weighted by Gasteiger charge is -2.32. The number of rotatable bonds is 5. The third kappa shape index (κ3) is 4.69. The van der Waals surface area contributed by atoms with Crippen LogP contribution in [0.5, 0.6) is 0 Å². The summed E-state index contributed by atoms with van der Waals surface area (Å²) in [4.78, 5) is 13.7. The molecule has 3 nitrogen and oxygen atoms in total. The van der Waals surface area contributed by atoms with Crippen molar-refractivity contribution in [2.75, 3.05) is 19.6 Å². The van der Waals surface area contributed by atoms with E-state index in [1.807, 2.05) is 4.90 Å². The number of halogens is 4. The van der Waals surface area contributed by atoms with Crippen LogP contribution in [0.25, 0.3) is 0 Å². The van der Waals surface area contributed by atoms with E-state index in [1.165, 1.54) is 0 Å². The van der Waals surface area contributed by atoms with E-state index in [0.717, 1.165) is 18.2 Å². The lowest BCUT2D eigenvalue weighted by Crippen LogP contribution is -2.43. The van der Waals surface area contributed by atoms with Gasteiger partial charge < -0.3 is 5.32 Å². The van der Waals surface area contributed by atoms with Crippen molar-refractivity contribution in [1.82, 2.24) is 10.2 Å². The molecule has 0 aliphatic carbocycles. The van der Waals surface area contributed by atoms with Crippen molar-refractivity contribution in [3.05, 3.63) is 35.4 Å². The van der Waals surface area contributed by atoms with Crippen LogP contribution in [0.1, 0.15) is 18.4 Å². The van der Waals surface area contributed by atoms with Crippen LogP contribution in [0.4, 0.5) is 17.6 Å². The smallest absolute Gasteiger partial charge is 0.255 e. The Morgan fingerprint density at radius 1 is 1.36 bits per heavy atom. The van der Waals surface area contributed by atoms with Crippen LogP contribution in [-0.4, -0.2) is 36.9 Å². The molecule has 0 spiro atoms. The minimum absolute atomic E-state index is 0.197. The molecule has 1 unspecified atom stereocenters. The molecule has 1 N–H and O–H groups in total. The molecule has 0 radical (unpaired) electrons. The standard InChI is InChI=1S/C15H18F4N2O/c16-12-3-4-13(17)11(6-12)9-21-5-1-2-10(8-21)15(22)20-7-14(18)19/h3-4,6,10,14H,1-2,5,7-9H2,(H,20,22). The van der Waals surface area contributed by atoms with E-state index >= 15 is 0 Å². The first-order chi connectivity index (χ1) is 10.5. The molecular weight excluding hydrogens is 300 g/mol. The topological polar surface area (TPSA) is 32.3 Å². The van der Waals surface area contributed by atoms with Crippen LogP contribution in [0, 0.1) is 17.6 Å². The van der Waals surface area contributed by atoms with Crippen molar-refractivity contribution < 1.29 is 22.4 Å². The summed E-state index contributed by atoms with van der Waals surface area (Å²) in [6, 6.07) is 3.26. The molecule has 1 atom stereocenters. The number of likely N-dealkylation sites (tertiary alicyclic amines) is 1. The summed E-state index contributed by atoms with van der Waals surface area (Å²) >= 11 is 0. The number of piperidine rings is 1. The number of hydrogen-bond acceptors (Lipinski definition) is 2. The lowest BCUT2D eigenvalue weighted by molar-refractivity contribution is -0.127. The second kappa shape index (κ2) is 7.58. The summed E-state index contributed by atoms with van der Waals surface area (Å²) < 4.78 is 51.0. The van der Waals surface area contributed by atoms with Crippen molar-refractivity contribution in [3.63, 3.8) is 0 Å². The molecule has 1 amide bonds.